The Kier molecular flexibility index (Phi) is 3.48. The van der Waals surface area contributed by atoms with Crippen LogP contribution in [-0.2, 0) is 23.2 Å². The Hall–Kier alpha value is -2.55. The summed E-state index contributed by atoms with van der Waals surface area (Å²) in [5.74, 6) is -0.265. The van der Waals surface area contributed by atoms with Gasteiger partial charge in [-0.15, -0.1) is 0 Å². The van der Waals surface area contributed by atoms with Crippen LogP contribution >= 0.6 is 0 Å². The Morgan fingerprint density at radius 1 is 1.05 bits per heavy atom. The maximum atomic E-state index is 11.2. The molecule has 0 spiro atoms. The zero-order chi connectivity index (χ0) is 14.8. The van der Waals surface area contributed by atoms with Crippen LogP contribution in [0.5, 0.6) is 0 Å². The van der Waals surface area contributed by atoms with Crippen LogP contribution in [0.15, 0.2) is 54.6 Å². The number of aromatic nitrogens is 1. The SMILES string of the molecule is CC(=O)OCc1c(-c2ccccc2)c2ccccc2n1C. The average Bonchev–Trinajstić information content (AvgIpc) is 2.79. The van der Waals surface area contributed by atoms with Crippen molar-refractivity contribution in [2.75, 3.05) is 0 Å². The number of fused-ring (bicyclic) bond motifs is 1. The van der Waals surface area contributed by atoms with Crippen LogP contribution < -0.4 is 0 Å². The third kappa shape index (κ3) is 2.42. The number of para-hydroxylation sites is 1. The van der Waals surface area contributed by atoms with E-state index in [4.69, 9.17) is 4.74 Å². The van der Waals surface area contributed by atoms with Crippen molar-refractivity contribution in [2.45, 2.75) is 13.5 Å². The van der Waals surface area contributed by atoms with Gasteiger partial charge in [-0.05, 0) is 11.6 Å². The lowest BCUT2D eigenvalue weighted by molar-refractivity contribution is -0.142. The molecule has 0 bridgehead atoms. The first-order chi connectivity index (χ1) is 10.2. The van der Waals surface area contributed by atoms with Crippen molar-refractivity contribution in [3.63, 3.8) is 0 Å². The van der Waals surface area contributed by atoms with Crippen LogP contribution in [0.1, 0.15) is 12.6 Å². The molecule has 0 aliphatic carbocycles. The number of benzene rings is 2. The summed E-state index contributed by atoms with van der Waals surface area (Å²) in [6.45, 7) is 1.72. The number of aryl methyl sites for hydroxylation is 1. The second-order valence-electron chi connectivity index (χ2n) is 5.04. The van der Waals surface area contributed by atoms with Gasteiger partial charge in [0.1, 0.15) is 6.61 Å². The molecule has 2 aromatic carbocycles. The van der Waals surface area contributed by atoms with Gasteiger partial charge >= 0.3 is 5.97 Å². The second-order valence-corrected chi connectivity index (χ2v) is 5.04. The Balaban J connectivity index is 2.24. The van der Waals surface area contributed by atoms with Crippen LogP contribution in [0, 0.1) is 0 Å². The number of rotatable bonds is 3. The number of esters is 1. The van der Waals surface area contributed by atoms with Crippen LogP contribution in [0.3, 0.4) is 0 Å². The van der Waals surface area contributed by atoms with Crippen molar-refractivity contribution >= 4 is 16.9 Å². The minimum atomic E-state index is -0.265. The standard InChI is InChI=1S/C18H17NO2/c1-13(20)21-12-17-18(14-8-4-3-5-9-14)15-10-6-7-11-16(15)19(17)2/h3-11H,12H2,1-2H3. The molecule has 0 radical (unpaired) electrons. The van der Waals surface area contributed by atoms with Gasteiger partial charge in [0.05, 0.1) is 5.69 Å². The van der Waals surface area contributed by atoms with Crippen LogP contribution in [0.4, 0.5) is 0 Å². The Labute approximate surface area is 123 Å². The fourth-order valence-electron chi connectivity index (χ4n) is 2.71. The fourth-order valence-corrected chi connectivity index (χ4v) is 2.71. The number of carbonyl (C=O) groups is 1. The molecule has 0 N–H and O–H groups in total. The smallest absolute Gasteiger partial charge is 0.303 e. The first-order valence-corrected chi connectivity index (χ1v) is 6.93. The van der Waals surface area contributed by atoms with Gasteiger partial charge < -0.3 is 9.30 Å². The number of nitrogens with zero attached hydrogens (tertiary/aromatic N) is 1. The minimum absolute atomic E-state index is 0.265. The molecule has 0 aliphatic rings. The highest BCUT2D eigenvalue weighted by Gasteiger charge is 2.16. The average molecular weight is 279 g/mol. The second kappa shape index (κ2) is 5.44. The zero-order valence-corrected chi connectivity index (χ0v) is 12.2. The molecule has 1 heterocycles. The van der Waals surface area contributed by atoms with E-state index in [1.165, 1.54) is 12.3 Å². The predicted octanol–water partition coefficient (Wildman–Crippen LogP) is 3.91. The summed E-state index contributed by atoms with van der Waals surface area (Å²) in [6.07, 6.45) is 0. The number of ether oxygens (including phenoxy) is 1. The van der Waals surface area contributed by atoms with E-state index in [1.54, 1.807) is 0 Å². The van der Waals surface area contributed by atoms with E-state index in [9.17, 15) is 4.79 Å². The molecule has 0 unspecified atom stereocenters. The highest BCUT2D eigenvalue weighted by molar-refractivity contribution is 5.98. The number of carbonyl (C=O) groups excluding carboxylic acids is 1. The van der Waals surface area contributed by atoms with Crippen molar-refractivity contribution in [3.05, 3.63) is 60.3 Å². The van der Waals surface area contributed by atoms with E-state index in [0.29, 0.717) is 0 Å². The fraction of sp³-hybridized carbons (Fsp3) is 0.167. The molecule has 0 aliphatic heterocycles. The minimum Gasteiger partial charge on any atom is -0.459 e. The summed E-state index contributed by atoms with van der Waals surface area (Å²) in [7, 11) is 2.01. The van der Waals surface area contributed by atoms with Gasteiger partial charge in [0.2, 0.25) is 0 Å². The van der Waals surface area contributed by atoms with Gasteiger partial charge in [-0.3, -0.25) is 4.79 Å². The Morgan fingerprint density at radius 2 is 1.71 bits per heavy atom. The quantitative estimate of drug-likeness (QED) is 0.681. The maximum Gasteiger partial charge on any atom is 0.303 e. The van der Waals surface area contributed by atoms with Crippen molar-refractivity contribution in [2.24, 2.45) is 7.05 Å². The van der Waals surface area contributed by atoms with Crippen molar-refractivity contribution < 1.29 is 9.53 Å². The third-order valence-corrected chi connectivity index (χ3v) is 3.70. The molecule has 3 rings (SSSR count). The summed E-state index contributed by atoms with van der Waals surface area (Å²) in [5.41, 5.74) is 4.42. The monoisotopic (exact) mass is 279 g/mol. The normalized spacial score (nSPS) is 10.8. The van der Waals surface area contributed by atoms with Crippen molar-refractivity contribution in [3.8, 4) is 11.1 Å². The van der Waals surface area contributed by atoms with Gasteiger partial charge in [0.25, 0.3) is 0 Å². The molecule has 3 heteroatoms. The molecule has 0 amide bonds. The highest BCUT2D eigenvalue weighted by Crippen LogP contribution is 2.34. The van der Waals surface area contributed by atoms with Gasteiger partial charge in [-0.1, -0.05) is 48.5 Å². The first kappa shape index (κ1) is 13.4. The lowest BCUT2D eigenvalue weighted by Crippen LogP contribution is -2.04. The molecule has 3 nitrogen and oxygen atoms in total. The molecule has 106 valence electrons. The van der Waals surface area contributed by atoms with Crippen LogP contribution in [-0.4, -0.2) is 10.5 Å². The Bertz CT molecular complexity index is 788. The first-order valence-electron chi connectivity index (χ1n) is 6.93. The molecular weight excluding hydrogens is 262 g/mol. The Morgan fingerprint density at radius 3 is 2.43 bits per heavy atom. The third-order valence-electron chi connectivity index (χ3n) is 3.70. The van der Waals surface area contributed by atoms with E-state index < -0.39 is 0 Å². The largest absolute Gasteiger partial charge is 0.459 e. The molecule has 21 heavy (non-hydrogen) atoms. The van der Waals surface area contributed by atoms with Crippen LogP contribution in [0.25, 0.3) is 22.0 Å². The lowest BCUT2D eigenvalue weighted by Gasteiger charge is -2.08. The molecule has 0 atom stereocenters. The van der Waals surface area contributed by atoms with E-state index in [0.717, 1.165) is 22.3 Å². The molecular formula is C18H17NO2. The molecule has 3 aromatic rings. The van der Waals surface area contributed by atoms with E-state index in [1.807, 2.05) is 37.4 Å². The molecule has 0 saturated carbocycles. The summed E-state index contributed by atoms with van der Waals surface area (Å²) < 4.78 is 7.34. The van der Waals surface area contributed by atoms with Crippen molar-refractivity contribution in [1.82, 2.24) is 4.57 Å². The van der Waals surface area contributed by atoms with Crippen molar-refractivity contribution in [1.29, 1.82) is 0 Å². The molecule has 0 saturated heterocycles. The van der Waals surface area contributed by atoms with E-state index >= 15 is 0 Å². The summed E-state index contributed by atoms with van der Waals surface area (Å²) in [6, 6.07) is 18.4. The van der Waals surface area contributed by atoms with Gasteiger partial charge in [0, 0.05) is 30.4 Å². The van der Waals surface area contributed by atoms with Gasteiger partial charge in [-0.2, -0.15) is 0 Å². The summed E-state index contributed by atoms with van der Waals surface area (Å²) >= 11 is 0. The summed E-state index contributed by atoms with van der Waals surface area (Å²) in [4.78, 5) is 11.2. The number of hydrogen-bond donors (Lipinski definition) is 0. The topological polar surface area (TPSA) is 31.2 Å². The zero-order valence-electron chi connectivity index (χ0n) is 12.2. The molecule has 1 aromatic heterocycles. The molecule has 0 fully saturated rings. The van der Waals surface area contributed by atoms with Crippen LogP contribution in [0.2, 0.25) is 0 Å². The van der Waals surface area contributed by atoms with E-state index in [2.05, 4.69) is 28.8 Å². The van der Waals surface area contributed by atoms with E-state index in [-0.39, 0.29) is 12.6 Å². The predicted molar refractivity (Wildman–Crippen MR) is 83.8 cm³/mol. The highest BCUT2D eigenvalue weighted by atomic mass is 16.5. The van der Waals surface area contributed by atoms with Gasteiger partial charge in [-0.25, -0.2) is 0 Å². The lowest BCUT2D eigenvalue weighted by atomic mass is 10.0. The number of hydrogen-bond acceptors (Lipinski definition) is 2. The maximum absolute atomic E-state index is 11.2. The summed E-state index contributed by atoms with van der Waals surface area (Å²) in [5, 5.41) is 1.17. The van der Waals surface area contributed by atoms with Gasteiger partial charge in [0.15, 0.2) is 0 Å².